The Morgan fingerprint density at radius 2 is 1.94 bits per heavy atom. The van der Waals surface area contributed by atoms with E-state index in [0.29, 0.717) is 6.54 Å². The first kappa shape index (κ1) is 15.7. The van der Waals surface area contributed by atoms with Crippen LogP contribution in [0.25, 0.3) is 0 Å². The van der Waals surface area contributed by atoms with Crippen LogP contribution in [0.5, 0.6) is 0 Å². The van der Waals surface area contributed by atoms with Gasteiger partial charge in [0.25, 0.3) is 0 Å². The molecule has 0 spiro atoms. The lowest BCUT2D eigenvalue weighted by Crippen LogP contribution is -2.38. The SMILES string of the molecule is CCCNCC(C)NCCOCC(F)(F)F. The standard InChI is InChI=1S/C10H21F3N2O/c1-3-4-14-7-9(2)15-5-6-16-8-10(11,12)13/h9,14-15H,3-8H2,1-2H3. The minimum absolute atomic E-state index is 0.0810. The summed E-state index contributed by atoms with van der Waals surface area (Å²) in [6.45, 7) is 5.17. The van der Waals surface area contributed by atoms with E-state index in [1.165, 1.54) is 0 Å². The second kappa shape index (κ2) is 8.78. The lowest BCUT2D eigenvalue weighted by Gasteiger charge is -2.14. The maximum atomic E-state index is 11.7. The molecule has 0 rings (SSSR count). The highest BCUT2D eigenvalue weighted by Gasteiger charge is 2.27. The van der Waals surface area contributed by atoms with Gasteiger partial charge in [-0.1, -0.05) is 6.92 Å². The summed E-state index contributed by atoms with van der Waals surface area (Å²) in [5.74, 6) is 0. The Hall–Kier alpha value is -0.330. The van der Waals surface area contributed by atoms with Gasteiger partial charge in [0.15, 0.2) is 0 Å². The van der Waals surface area contributed by atoms with Crippen LogP contribution in [0.2, 0.25) is 0 Å². The fraction of sp³-hybridized carbons (Fsp3) is 1.00. The Kier molecular flexibility index (Phi) is 8.60. The van der Waals surface area contributed by atoms with E-state index >= 15 is 0 Å². The van der Waals surface area contributed by atoms with E-state index in [4.69, 9.17) is 0 Å². The highest BCUT2D eigenvalue weighted by Crippen LogP contribution is 2.13. The van der Waals surface area contributed by atoms with Crippen LogP contribution in [0.3, 0.4) is 0 Å². The number of hydrogen-bond acceptors (Lipinski definition) is 3. The first-order chi connectivity index (χ1) is 7.45. The van der Waals surface area contributed by atoms with E-state index in [0.717, 1.165) is 19.5 Å². The van der Waals surface area contributed by atoms with Crippen LogP contribution < -0.4 is 10.6 Å². The van der Waals surface area contributed by atoms with Gasteiger partial charge in [-0.05, 0) is 19.9 Å². The number of alkyl halides is 3. The molecule has 2 N–H and O–H groups in total. The Morgan fingerprint density at radius 1 is 1.25 bits per heavy atom. The molecule has 0 aliphatic carbocycles. The quantitative estimate of drug-likeness (QED) is 0.602. The summed E-state index contributed by atoms with van der Waals surface area (Å²) in [7, 11) is 0. The summed E-state index contributed by atoms with van der Waals surface area (Å²) >= 11 is 0. The molecule has 0 aliphatic rings. The first-order valence-electron chi connectivity index (χ1n) is 5.54. The Bertz CT molecular complexity index is 165. The van der Waals surface area contributed by atoms with Crippen LogP contribution in [0, 0.1) is 0 Å². The van der Waals surface area contributed by atoms with Crippen molar-refractivity contribution in [2.24, 2.45) is 0 Å². The lowest BCUT2D eigenvalue weighted by atomic mass is 10.3. The smallest absolute Gasteiger partial charge is 0.371 e. The van der Waals surface area contributed by atoms with Crippen molar-refractivity contribution in [3.63, 3.8) is 0 Å². The average molecular weight is 242 g/mol. The van der Waals surface area contributed by atoms with Crippen molar-refractivity contribution >= 4 is 0 Å². The maximum absolute atomic E-state index is 11.7. The van der Waals surface area contributed by atoms with Gasteiger partial charge in [-0.25, -0.2) is 0 Å². The van der Waals surface area contributed by atoms with Crippen molar-refractivity contribution in [1.82, 2.24) is 10.6 Å². The molecule has 0 aliphatic heterocycles. The van der Waals surface area contributed by atoms with E-state index in [9.17, 15) is 13.2 Å². The van der Waals surface area contributed by atoms with Gasteiger partial charge in [0, 0.05) is 19.1 Å². The summed E-state index contributed by atoms with van der Waals surface area (Å²) in [5.41, 5.74) is 0. The Labute approximate surface area is 94.7 Å². The molecule has 6 heteroatoms. The molecule has 3 nitrogen and oxygen atoms in total. The zero-order valence-corrected chi connectivity index (χ0v) is 9.86. The van der Waals surface area contributed by atoms with Crippen molar-refractivity contribution in [1.29, 1.82) is 0 Å². The number of nitrogens with one attached hydrogen (secondary N) is 2. The topological polar surface area (TPSA) is 33.3 Å². The van der Waals surface area contributed by atoms with Crippen molar-refractivity contribution in [3.05, 3.63) is 0 Å². The fourth-order valence-corrected chi connectivity index (χ4v) is 1.13. The largest absolute Gasteiger partial charge is 0.411 e. The Balaban J connectivity index is 3.24. The van der Waals surface area contributed by atoms with Gasteiger partial charge in [-0.2, -0.15) is 13.2 Å². The minimum atomic E-state index is -4.23. The average Bonchev–Trinajstić information content (AvgIpc) is 2.16. The van der Waals surface area contributed by atoms with Gasteiger partial charge in [0.05, 0.1) is 6.61 Å². The van der Waals surface area contributed by atoms with Crippen LogP contribution in [0.1, 0.15) is 20.3 Å². The fourth-order valence-electron chi connectivity index (χ4n) is 1.13. The highest BCUT2D eigenvalue weighted by molar-refractivity contribution is 4.63. The summed E-state index contributed by atoms with van der Waals surface area (Å²) in [6, 6.07) is 0.237. The molecular weight excluding hydrogens is 221 g/mol. The zero-order valence-electron chi connectivity index (χ0n) is 9.86. The molecule has 0 aromatic rings. The zero-order chi connectivity index (χ0) is 12.4. The molecule has 0 fully saturated rings. The predicted octanol–water partition coefficient (Wildman–Crippen LogP) is 1.54. The first-order valence-corrected chi connectivity index (χ1v) is 5.54. The second-order valence-corrected chi connectivity index (χ2v) is 3.73. The molecular formula is C10H21F3N2O. The third-order valence-electron chi connectivity index (χ3n) is 1.88. The highest BCUT2D eigenvalue weighted by atomic mass is 19.4. The monoisotopic (exact) mass is 242 g/mol. The summed E-state index contributed by atoms with van der Waals surface area (Å²) < 4.78 is 39.5. The molecule has 0 saturated heterocycles. The summed E-state index contributed by atoms with van der Waals surface area (Å²) in [5, 5.41) is 6.29. The minimum Gasteiger partial charge on any atom is -0.371 e. The predicted molar refractivity (Wildman–Crippen MR) is 57.5 cm³/mol. The molecule has 1 unspecified atom stereocenters. The number of halogens is 3. The van der Waals surface area contributed by atoms with Crippen LogP contribution in [-0.2, 0) is 4.74 Å². The van der Waals surface area contributed by atoms with Crippen molar-refractivity contribution in [2.75, 3.05) is 32.8 Å². The molecule has 0 heterocycles. The van der Waals surface area contributed by atoms with E-state index in [2.05, 4.69) is 22.3 Å². The number of ether oxygens (including phenoxy) is 1. The molecule has 0 saturated carbocycles. The van der Waals surface area contributed by atoms with Crippen molar-refractivity contribution in [2.45, 2.75) is 32.5 Å². The third kappa shape index (κ3) is 11.7. The molecule has 98 valence electrons. The van der Waals surface area contributed by atoms with Crippen LogP contribution >= 0.6 is 0 Å². The summed E-state index contributed by atoms with van der Waals surface area (Å²) in [4.78, 5) is 0. The van der Waals surface area contributed by atoms with Gasteiger partial charge in [-0.3, -0.25) is 0 Å². The van der Waals surface area contributed by atoms with Crippen molar-refractivity contribution in [3.8, 4) is 0 Å². The molecule has 0 aromatic heterocycles. The number of hydrogen-bond donors (Lipinski definition) is 2. The molecule has 0 aromatic carbocycles. The number of rotatable bonds is 9. The van der Waals surface area contributed by atoms with E-state index in [1.807, 2.05) is 6.92 Å². The molecule has 1 atom stereocenters. The lowest BCUT2D eigenvalue weighted by molar-refractivity contribution is -0.173. The van der Waals surface area contributed by atoms with Gasteiger partial charge in [0.2, 0.25) is 0 Å². The van der Waals surface area contributed by atoms with Crippen LogP contribution in [-0.4, -0.2) is 45.1 Å². The van der Waals surface area contributed by atoms with Gasteiger partial charge in [-0.15, -0.1) is 0 Å². The molecule has 0 amide bonds. The van der Waals surface area contributed by atoms with E-state index < -0.39 is 12.8 Å². The third-order valence-corrected chi connectivity index (χ3v) is 1.88. The van der Waals surface area contributed by atoms with Gasteiger partial charge < -0.3 is 15.4 Å². The molecule has 0 bridgehead atoms. The normalized spacial score (nSPS) is 14.1. The van der Waals surface area contributed by atoms with Gasteiger partial charge >= 0.3 is 6.18 Å². The summed E-state index contributed by atoms with van der Waals surface area (Å²) in [6.07, 6.45) is -3.16. The Morgan fingerprint density at radius 3 is 2.50 bits per heavy atom. The van der Waals surface area contributed by atoms with E-state index in [1.54, 1.807) is 0 Å². The maximum Gasteiger partial charge on any atom is 0.411 e. The second-order valence-electron chi connectivity index (χ2n) is 3.73. The van der Waals surface area contributed by atoms with Crippen LogP contribution in [0.4, 0.5) is 13.2 Å². The van der Waals surface area contributed by atoms with E-state index in [-0.39, 0.29) is 12.6 Å². The molecule has 0 radical (unpaired) electrons. The van der Waals surface area contributed by atoms with Crippen LogP contribution in [0.15, 0.2) is 0 Å². The van der Waals surface area contributed by atoms with Gasteiger partial charge in [0.1, 0.15) is 6.61 Å². The van der Waals surface area contributed by atoms with Crippen molar-refractivity contribution < 1.29 is 17.9 Å². The molecule has 16 heavy (non-hydrogen) atoms.